The Morgan fingerprint density at radius 2 is 1.88 bits per heavy atom. The maximum atomic E-state index is 3.52. The largest absolute Gasteiger partial charge is 0.362 e. The molecule has 0 saturated heterocycles. The van der Waals surface area contributed by atoms with Crippen LogP contribution in [0.3, 0.4) is 0 Å². The Morgan fingerprint density at radius 3 is 2.56 bits per heavy atom. The average Bonchev–Trinajstić information content (AvgIpc) is 2.68. The molecule has 0 atom stereocenters. The molecule has 3 heteroatoms. The molecule has 0 bridgehead atoms. The Morgan fingerprint density at radius 1 is 1.06 bits per heavy atom. The highest BCUT2D eigenvalue weighted by atomic mass is 15.3. The van der Waals surface area contributed by atoms with Gasteiger partial charge in [0, 0.05) is 26.0 Å². The van der Waals surface area contributed by atoms with Crippen LogP contribution in [0.25, 0.3) is 0 Å². The van der Waals surface area contributed by atoms with E-state index in [9.17, 15) is 0 Å². The van der Waals surface area contributed by atoms with Crippen molar-refractivity contribution in [3.63, 3.8) is 0 Å². The normalized spacial score (nSPS) is 15.1. The lowest BCUT2D eigenvalue weighted by Gasteiger charge is -2.17. The van der Waals surface area contributed by atoms with E-state index in [0.717, 1.165) is 13.2 Å². The number of nitrogens with zero attached hydrogens (tertiary/aromatic N) is 2. The highest BCUT2D eigenvalue weighted by Crippen LogP contribution is 2.03. The summed E-state index contributed by atoms with van der Waals surface area (Å²) in [5.41, 5.74) is 0. The molecule has 0 unspecified atom stereocenters. The molecule has 1 aliphatic heterocycles. The number of rotatable bonds is 9. The van der Waals surface area contributed by atoms with Crippen molar-refractivity contribution < 1.29 is 0 Å². The number of hydrogen-bond acceptors (Lipinski definition) is 3. The lowest BCUT2D eigenvalue weighted by molar-refractivity contribution is 0.292. The van der Waals surface area contributed by atoms with Crippen LogP contribution in [-0.2, 0) is 0 Å². The van der Waals surface area contributed by atoms with Crippen molar-refractivity contribution in [1.29, 1.82) is 0 Å². The summed E-state index contributed by atoms with van der Waals surface area (Å²) in [7, 11) is 2.11. The third-order valence-corrected chi connectivity index (χ3v) is 2.94. The minimum atomic E-state index is 1.05. The molecule has 1 N–H and O–H groups in total. The van der Waals surface area contributed by atoms with Crippen molar-refractivity contribution in [2.45, 2.75) is 39.0 Å². The van der Waals surface area contributed by atoms with Gasteiger partial charge in [-0.05, 0) is 25.9 Å². The average molecular weight is 225 g/mol. The number of nitrogens with one attached hydrogen (secondary N) is 1. The van der Waals surface area contributed by atoms with Gasteiger partial charge < -0.3 is 15.1 Å². The maximum Gasteiger partial charge on any atom is 0.0890 e. The molecular weight excluding hydrogens is 198 g/mol. The van der Waals surface area contributed by atoms with Gasteiger partial charge in [0.05, 0.1) is 6.67 Å². The van der Waals surface area contributed by atoms with Gasteiger partial charge in [0.1, 0.15) is 0 Å². The summed E-state index contributed by atoms with van der Waals surface area (Å²) in [5, 5.41) is 3.52. The summed E-state index contributed by atoms with van der Waals surface area (Å²) in [6, 6.07) is 0. The molecule has 0 aromatic heterocycles. The zero-order valence-corrected chi connectivity index (χ0v) is 10.9. The molecule has 0 amide bonds. The van der Waals surface area contributed by atoms with Gasteiger partial charge in [-0.15, -0.1) is 0 Å². The van der Waals surface area contributed by atoms with Crippen LogP contribution in [0.1, 0.15) is 39.0 Å². The number of unbranched alkanes of at least 4 members (excludes halogenated alkanes) is 3. The van der Waals surface area contributed by atoms with Crippen LogP contribution in [0.4, 0.5) is 0 Å². The molecule has 0 radical (unpaired) electrons. The van der Waals surface area contributed by atoms with E-state index in [0.29, 0.717) is 0 Å². The number of hydrogen-bond donors (Lipinski definition) is 1. The minimum absolute atomic E-state index is 1.05. The molecule has 1 heterocycles. The molecule has 0 spiro atoms. The van der Waals surface area contributed by atoms with E-state index in [1.807, 2.05) is 0 Å². The van der Waals surface area contributed by atoms with Gasteiger partial charge in [-0.1, -0.05) is 26.2 Å². The highest BCUT2D eigenvalue weighted by molar-refractivity contribution is 4.88. The fourth-order valence-corrected chi connectivity index (χ4v) is 1.94. The first kappa shape index (κ1) is 13.4. The standard InChI is InChI=1S/C13H27N3/c1-3-4-5-6-8-14-9-7-10-16-12-11-15(2)13-16/h11-12,14H,3-10,13H2,1-2H3. The molecule has 94 valence electrons. The molecular formula is C13H27N3. The zero-order valence-electron chi connectivity index (χ0n) is 10.9. The van der Waals surface area contributed by atoms with Crippen molar-refractivity contribution >= 4 is 0 Å². The second-order valence-electron chi connectivity index (χ2n) is 4.67. The van der Waals surface area contributed by atoms with E-state index in [1.54, 1.807) is 0 Å². The van der Waals surface area contributed by atoms with Gasteiger partial charge in [0.15, 0.2) is 0 Å². The Hall–Kier alpha value is -0.700. The fraction of sp³-hybridized carbons (Fsp3) is 0.846. The summed E-state index contributed by atoms with van der Waals surface area (Å²) >= 11 is 0. The molecule has 0 aromatic carbocycles. The summed E-state index contributed by atoms with van der Waals surface area (Å²) in [5.74, 6) is 0. The molecule has 0 aliphatic carbocycles. The predicted octanol–water partition coefficient (Wildman–Crippen LogP) is 2.22. The molecule has 1 rings (SSSR count). The van der Waals surface area contributed by atoms with Crippen molar-refractivity contribution in [2.24, 2.45) is 0 Å². The first-order chi connectivity index (χ1) is 7.83. The Balaban J connectivity index is 1.80. The van der Waals surface area contributed by atoms with Crippen LogP contribution in [0.2, 0.25) is 0 Å². The summed E-state index contributed by atoms with van der Waals surface area (Å²) in [6.45, 7) is 6.82. The molecule has 0 saturated carbocycles. The second kappa shape index (κ2) is 8.45. The summed E-state index contributed by atoms with van der Waals surface area (Å²) in [6.07, 6.45) is 11.0. The Bertz CT molecular complexity index is 192. The van der Waals surface area contributed by atoms with E-state index in [2.05, 4.69) is 41.5 Å². The van der Waals surface area contributed by atoms with E-state index in [-0.39, 0.29) is 0 Å². The minimum Gasteiger partial charge on any atom is -0.362 e. The molecule has 0 fully saturated rings. The predicted molar refractivity (Wildman–Crippen MR) is 70.1 cm³/mol. The highest BCUT2D eigenvalue weighted by Gasteiger charge is 2.06. The van der Waals surface area contributed by atoms with E-state index in [4.69, 9.17) is 0 Å². The van der Waals surface area contributed by atoms with Crippen molar-refractivity contribution in [1.82, 2.24) is 15.1 Å². The lowest BCUT2D eigenvalue weighted by atomic mass is 10.2. The van der Waals surface area contributed by atoms with Crippen LogP contribution in [0, 0.1) is 0 Å². The van der Waals surface area contributed by atoms with Gasteiger partial charge in [0.2, 0.25) is 0 Å². The molecule has 16 heavy (non-hydrogen) atoms. The first-order valence-electron chi connectivity index (χ1n) is 6.66. The van der Waals surface area contributed by atoms with Gasteiger partial charge in [-0.25, -0.2) is 0 Å². The van der Waals surface area contributed by atoms with Gasteiger partial charge in [0.25, 0.3) is 0 Å². The maximum absolute atomic E-state index is 3.52. The van der Waals surface area contributed by atoms with Gasteiger partial charge in [-0.3, -0.25) is 0 Å². The molecule has 3 nitrogen and oxygen atoms in total. The second-order valence-corrected chi connectivity index (χ2v) is 4.67. The lowest BCUT2D eigenvalue weighted by Crippen LogP contribution is -2.26. The Kier molecular flexibility index (Phi) is 7.06. The monoisotopic (exact) mass is 225 g/mol. The van der Waals surface area contributed by atoms with Gasteiger partial charge in [-0.2, -0.15) is 0 Å². The fourth-order valence-electron chi connectivity index (χ4n) is 1.94. The van der Waals surface area contributed by atoms with Crippen LogP contribution in [-0.4, -0.2) is 43.2 Å². The van der Waals surface area contributed by atoms with Crippen LogP contribution in [0.5, 0.6) is 0 Å². The zero-order chi connectivity index (χ0) is 11.6. The van der Waals surface area contributed by atoms with Crippen LogP contribution < -0.4 is 5.32 Å². The smallest absolute Gasteiger partial charge is 0.0890 e. The third-order valence-electron chi connectivity index (χ3n) is 2.94. The molecule has 0 aromatic rings. The summed E-state index contributed by atoms with van der Waals surface area (Å²) < 4.78 is 0. The van der Waals surface area contributed by atoms with Crippen molar-refractivity contribution in [3.8, 4) is 0 Å². The van der Waals surface area contributed by atoms with Crippen molar-refractivity contribution in [3.05, 3.63) is 12.4 Å². The first-order valence-corrected chi connectivity index (χ1v) is 6.66. The van der Waals surface area contributed by atoms with Crippen LogP contribution >= 0.6 is 0 Å². The van der Waals surface area contributed by atoms with Crippen molar-refractivity contribution in [2.75, 3.05) is 33.4 Å². The summed E-state index contributed by atoms with van der Waals surface area (Å²) in [4.78, 5) is 4.57. The Labute approximate surface area is 100 Å². The van der Waals surface area contributed by atoms with E-state index in [1.165, 1.54) is 45.2 Å². The van der Waals surface area contributed by atoms with E-state index < -0.39 is 0 Å². The van der Waals surface area contributed by atoms with E-state index >= 15 is 0 Å². The van der Waals surface area contributed by atoms with Crippen LogP contribution in [0.15, 0.2) is 12.4 Å². The molecule has 1 aliphatic rings. The van der Waals surface area contributed by atoms with Gasteiger partial charge >= 0.3 is 0 Å². The SMILES string of the molecule is CCCCCCNCCCN1C=CN(C)C1. The topological polar surface area (TPSA) is 18.5 Å². The quantitative estimate of drug-likeness (QED) is 0.607. The third kappa shape index (κ3) is 6.01.